The van der Waals surface area contributed by atoms with Crippen LogP contribution in [0.2, 0.25) is 0 Å². The fraction of sp³-hybridized carbons (Fsp3) is 0.833. The maximum atomic E-state index is 11.4. The summed E-state index contributed by atoms with van der Waals surface area (Å²) in [6.07, 6.45) is 4.10. The molecule has 0 radical (unpaired) electrons. The molecule has 3 rings (SSSR count). The van der Waals surface area contributed by atoms with Gasteiger partial charge in [0, 0.05) is 12.3 Å². The molecule has 1 aromatic heterocycles. The summed E-state index contributed by atoms with van der Waals surface area (Å²) in [4.78, 5) is 4.57. The molecule has 1 saturated heterocycles. The first-order valence-electron chi connectivity index (χ1n) is 6.85. The standard InChI is InChI=1S/C12H19N3O3S/c16-8-10-2-1-3-11-13-12(14-15(10)11)9-4-6-19(17,18)7-5-9/h9-10,16H,1-8H2. The van der Waals surface area contributed by atoms with E-state index in [4.69, 9.17) is 0 Å². The zero-order valence-corrected chi connectivity index (χ0v) is 11.6. The number of aromatic nitrogens is 3. The van der Waals surface area contributed by atoms with Crippen LogP contribution in [0.4, 0.5) is 0 Å². The van der Waals surface area contributed by atoms with Gasteiger partial charge >= 0.3 is 0 Å². The van der Waals surface area contributed by atoms with Crippen LogP contribution in [0.1, 0.15) is 49.3 Å². The van der Waals surface area contributed by atoms with E-state index in [2.05, 4.69) is 10.1 Å². The third kappa shape index (κ3) is 2.53. The molecule has 106 valence electrons. The average molecular weight is 285 g/mol. The van der Waals surface area contributed by atoms with E-state index in [0.29, 0.717) is 12.8 Å². The lowest BCUT2D eigenvalue weighted by atomic mass is 10.0. The highest BCUT2D eigenvalue weighted by molar-refractivity contribution is 7.91. The van der Waals surface area contributed by atoms with Gasteiger partial charge in [0.25, 0.3) is 0 Å². The molecule has 1 unspecified atom stereocenters. The van der Waals surface area contributed by atoms with Crippen LogP contribution < -0.4 is 0 Å². The summed E-state index contributed by atoms with van der Waals surface area (Å²) >= 11 is 0. The zero-order valence-electron chi connectivity index (χ0n) is 10.8. The topological polar surface area (TPSA) is 85.1 Å². The van der Waals surface area contributed by atoms with Crippen molar-refractivity contribution < 1.29 is 13.5 Å². The molecule has 0 amide bonds. The third-order valence-corrected chi connectivity index (χ3v) is 5.85. The lowest BCUT2D eigenvalue weighted by molar-refractivity contribution is 0.194. The quantitative estimate of drug-likeness (QED) is 0.852. The number of hydrogen-bond acceptors (Lipinski definition) is 5. The van der Waals surface area contributed by atoms with Gasteiger partial charge in [0.1, 0.15) is 15.7 Å². The van der Waals surface area contributed by atoms with E-state index in [1.165, 1.54) is 0 Å². The first kappa shape index (κ1) is 13.1. The Kier molecular flexibility index (Phi) is 3.34. The Labute approximate surface area is 112 Å². The van der Waals surface area contributed by atoms with E-state index in [-0.39, 0.29) is 30.1 Å². The molecule has 1 atom stereocenters. The van der Waals surface area contributed by atoms with Gasteiger partial charge in [0.15, 0.2) is 5.82 Å². The molecule has 0 spiro atoms. The molecule has 0 aliphatic carbocycles. The molecule has 19 heavy (non-hydrogen) atoms. The van der Waals surface area contributed by atoms with Gasteiger partial charge < -0.3 is 5.11 Å². The maximum Gasteiger partial charge on any atom is 0.154 e. The number of aliphatic hydroxyl groups excluding tert-OH is 1. The largest absolute Gasteiger partial charge is 0.394 e. The summed E-state index contributed by atoms with van der Waals surface area (Å²) in [7, 11) is -2.84. The van der Waals surface area contributed by atoms with Crippen LogP contribution in [-0.2, 0) is 16.3 Å². The van der Waals surface area contributed by atoms with Gasteiger partial charge in [-0.1, -0.05) is 0 Å². The molecule has 0 bridgehead atoms. The number of hydrogen-bond donors (Lipinski definition) is 1. The van der Waals surface area contributed by atoms with Gasteiger partial charge in [-0.15, -0.1) is 0 Å². The second-order valence-electron chi connectivity index (χ2n) is 5.49. The monoisotopic (exact) mass is 285 g/mol. The summed E-state index contributed by atoms with van der Waals surface area (Å²) in [6.45, 7) is 0.0921. The Balaban J connectivity index is 1.81. The van der Waals surface area contributed by atoms with Gasteiger partial charge in [-0.3, -0.25) is 0 Å². The highest BCUT2D eigenvalue weighted by atomic mass is 32.2. The van der Waals surface area contributed by atoms with Crippen molar-refractivity contribution in [3.05, 3.63) is 11.6 Å². The Morgan fingerprint density at radius 3 is 2.68 bits per heavy atom. The van der Waals surface area contributed by atoms with Gasteiger partial charge in [-0.2, -0.15) is 5.10 Å². The van der Waals surface area contributed by atoms with Crippen molar-refractivity contribution in [3.63, 3.8) is 0 Å². The van der Waals surface area contributed by atoms with E-state index >= 15 is 0 Å². The van der Waals surface area contributed by atoms with Crippen LogP contribution in [0.3, 0.4) is 0 Å². The summed E-state index contributed by atoms with van der Waals surface area (Å²) < 4.78 is 24.7. The van der Waals surface area contributed by atoms with E-state index in [0.717, 1.165) is 30.9 Å². The Morgan fingerprint density at radius 1 is 1.26 bits per heavy atom. The Hall–Kier alpha value is -0.950. The first-order chi connectivity index (χ1) is 9.09. The third-order valence-electron chi connectivity index (χ3n) is 4.13. The maximum absolute atomic E-state index is 11.4. The average Bonchev–Trinajstić information content (AvgIpc) is 2.82. The lowest BCUT2D eigenvalue weighted by Crippen LogP contribution is -2.23. The molecule has 6 nitrogen and oxygen atoms in total. The van der Waals surface area contributed by atoms with Gasteiger partial charge in [0.2, 0.25) is 0 Å². The van der Waals surface area contributed by atoms with Crippen LogP contribution in [0, 0.1) is 0 Å². The summed E-state index contributed by atoms with van der Waals surface area (Å²) in [6, 6.07) is 0.0392. The smallest absolute Gasteiger partial charge is 0.154 e. The first-order valence-corrected chi connectivity index (χ1v) is 8.68. The summed E-state index contributed by atoms with van der Waals surface area (Å²) in [5.74, 6) is 2.34. The van der Waals surface area contributed by atoms with Crippen LogP contribution in [-0.4, -0.2) is 46.4 Å². The Morgan fingerprint density at radius 2 is 2.00 bits per heavy atom. The number of rotatable bonds is 2. The minimum Gasteiger partial charge on any atom is -0.394 e. The molecular weight excluding hydrogens is 266 g/mol. The molecule has 2 aliphatic rings. The number of aliphatic hydroxyl groups is 1. The number of aryl methyl sites for hydroxylation is 1. The van der Waals surface area contributed by atoms with Crippen molar-refractivity contribution in [1.29, 1.82) is 0 Å². The predicted octanol–water partition coefficient (Wildman–Crippen LogP) is 0.440. The predicted molar refractivity (Wildman–Crippen MR) is 69.7 cm³/mol. The van der Waals surface area contributed by atoms with Crippen LogP contribution >= 0.6 is 0 Å². The minimum atomic E-state index is -2.84. The highest BCUT2D eigenvalue weighted by Gasteiger charge is 2.30. The van der Waals surface area contributed by atoms with E-state index in [1.807, 2.05) is 4.68 Å². The molecule has 1 fully saturated rings. The number of fused-ring (bicyclic) bond motifs is 1. The SMILES string of the molecule is O=S1(=O)CCC(c2nc3n(n2)C(CO)CCC3)CC1. The van der Waals surface area contributed by atoms with Crippen LogP contribution in [0.25, 0.3) is 0 Å². The minimum absolute atomic E-state index is 0.0392. The molecule has 2 aliphatic heterocycles. The van der Waals surface area contributed by atoms with Crippen molar-refractivity contribution in [1.82, 2.24) is 14.8 Å². The van der Waals surface area contributed by atoms with Crippen molar-refractivity contribution in [2.75, 3.05) is 18.1 Å². The lowest BCUT2D eigenvalue weighted by Gasteiger charge is -2.21. The van der Waals surface area contributed by atoms with E-state index in [9.17, 15) is 13.5 Å². The number of nitrogens with zero attached hydrogens (tertiary/aromatic N) is 3. The fourth-order valence-electron chi connectivity index (χ4n) is 2.94. The second kappa shape index (κ2) is 4.86. The highest BCUT2D eigenvalue weighted by Crippen LogP contribution is 2.30. The second-order valence-corrected chi connectivity index (χ2v) is 7.79. The van der Waals surface area contributed by atoms with Gasteiger partial charge in [-0.05, 0) is 25.7 Å². The van der Waals surface area contributed by atoms with E-state index < -0.39 is 9.84 Å². The van der Waals surface area contributed by atoms with Gasteiger partial charge in [-0.25, -0.2) is 18.1 Å². The van der Waals surface area contributed by atoms with Crippen molar-refractivity contribution >= 4 is 9.84 Å². The molecule has 7 heteroatoms. The fourth-order valence-corrected chi connectivity index (χ4v) is 4.44. The molecule has 0 saturated carbocycles. The molecule has 1 N–H and O–H groups in total. The van der Waals surface area contributed by atoms with Crippen molar-refractivity contribution in [2.45, 2.75) is 44.1 Å². The van der Waals surface area contributed by atoms with Crippen molar-refractivity contribution in [2.24, 2.45) is 0 Å². The Bertz CT molecular complexity index is 553. The summed E-state index contributed by atoms with van der Waals surface area (Å²) in [5, 5.41) is 13.9. The summed E-state index contributed by atoms with van der Waals surface area (Å²) in [5.41, 5.74) is 0. The normalized spacial score (nSPS) is 27.1. The van der Waals surface area contributed by atoms with E-state index in [1.54, 1.807) is 0 Å². The van der Waals surface area contributed by atoms with Crippen LogP contribution in [0.5, 0.6) is 0 Å². The zero-order chi connectivity index (χ0) is 13.5. The number of sulfone groups is 1. The van der Waals surface area contributed by atoms with Crippen LogP contribution in [0.15, 0.2) is 0 Å². The molecule has 0 aromatic carbocycles. The molecule has 1 aromatic rings. The molecule has 3 heterocycles. The molecular formula is C12H19N3O3S. The van der Waals surface area contributed by atoms with Crippen molar-refractivity contribution in [3.8, 4) is 0 Å². The van der Waals surface area contributed by atoms with Gasteiger partial charge in [0.05, 0.1) is 24.2 Å².